The predicted molar refractivity (Wildman–Crippen MR) is 82.6 cm³/mol. The molecule has 0 saturated heterocycles. The molecule has 1 atom stereocenters. The van der Waals surface area contributed by atoms with Crippen molar-refractivity contribution in [2.24, 2.45) is 5.73 Å². The average molecular weight is 282 g/mol. The van der Waals surface area contributed by atoms with Crippen LogP contribution in [-0.4, -0.2) is 24.1 Å². The van der Waals surface area contributed by atoms with Crippen LogP contribution in [0, 0.1) is 0 Å². The maximum atomic E-state index is 12.7. The van der Waals surface area contributed by atoms with E-state index in [4.69, 9.17) is 5.73 Å². The standard InChI is InChI=1S/C17H18N2O2/c18-10-9-12-11-19(15-7-3-1-5-13(12)15)17(21)14-6-2-4-8-16(14)20/h1-8,12,20H,9-11,18H2. The summed E-state index contributed by atoms with van der Waals surface area (Å²) < 4.78 is 0. The molecule has 3 rings (SSSR count). The Hall–Kier alpha value is -2.33. The minimum Gasteiger partial charge on any atom is -0.507 e. The molecule has 4 nitrogen and oxygen atoms in total. The zero-order valence-corrected chi connectivity index (χ0v) is 11.7. The number of carbonyl (C=O) groups excluding carboxylic acids is 1. The van der Waals surface area contributed by atoms with Gasteiger partial charge in [0.15, 0.2) is 0 Å². The van der Waals surface area contributed by atoms with Crippen LogP contribution in [0.3, 0.4) is 0 Å². The van der Waals surface area contributed by atoms with E-state index in [0.29, 0.717) is 18.7 Å². The van der Waals surface area contributed by atoms with Crippen molar-refractivity contribution >= 4 is 11.6 Å². The van der Waals surface area contributed by atoms with Gasteiger partial charge in [-0.3, -0.25) is 4.79 Å². The average Bonchev–Trinajstić information content (AvgIpc) is 2.87. The summed E-state index contributed by atoms with van der Waals surface area (Å²) in [5.41, 5.74) is 8.09. The van der Waals surface area contributed by atoms with Gasteiger partial charge >= 0.3 is 0 Å². The summed E-state index contributed by atoms with van der Waals surface area (Å²) in [6, 6.07) is 14.6. The highest BCUT2D eigenvalue weighted by molar-refractivity contribution is 6.09. The first kappa shape index (κ1) is 13.6. The zero-order chi connectivity index (χ0) is 14.8. The monoisotopic (exact) mass is 282 g/mol. The van der Waals surface area contributed by atoms with Crippen molar-refractivity contribution in [3.05, 3.63) is 59.7 Å². The van der Waals surface area contributed by atoms with Crippen LogP contribution in [-0.2, 0) is 0 Å². The molecule has 1 unspecified atom stereocenters. The summed E-state index contributed by atoms with van der Waals surface area (Å²) in [6.07, 6.45) is 0.849. The molecule has 0 spiro atoms. The first-order valence-corrected chi connectivity index (χ1v) is 7.11. The number of anilines is 1. The summed E-state index contributed by atoms with van der Waals surface area (Å²) in [6.45, 7) is 1.21. The van der Waals surface area contributed by atoms with E-state index in [1.807, 2.05) is 24.3 Å². The Labute approximate surface area is 123 Å². The zero-order valence-electron chi connectivity index (χ0n) is 11.7. The van der Waals surface area contributed by atoms with Crippen molar-refractivity contribution in [3.8, 4) is 5.75 Å². The number of fused-ring (bicyclic) bond motifs is 1. The second-order valence-corrected chi connectivity index (χ2v) is 5.27. The third-order valence-corrected chi connectivity index (χ3v) is 3.97. The Morgan fingerprint density at radius 3 is 2.67 bits per heavy atom. The molecule has 21 heavy (non-hydrogen) atoms. The molecule has 108 valence electrons. The molecule has 4 heteroatoms. The molecule has 0 radical (unpaired) electrons. The summed E-state index contributed by atoms with van der Waals surface area (Å²) in [4.78, 5) is 14.5. The summed E-state index contributed by atoms with van der Waals surface area (Å²) in [7, 11) is 0. The fourth-order valence-electron chi connectivity index (χ4n) is 2.94. The molecule has 1 aliphatic heterocycles. The Morgan fingerprint density at radius 1 is 1.19 bits per heavy atom. The molecule has 0 aliphatic carbocycles. The van der Waals surface area contributed by atoms with Crippen LogP contribution in [0.15, 0.2) is 48.5 Å². The molecular formula is C17H18N2O2. The lowest BCUT2D eigenvalue weighted by atomic mass is 9.98. The van der Waals surface area contributed by atoms with E-state index in [-0.39, 0.29) is 17.6 Å². The predicted octanol–water partition coefficient (Wildman–Crippen LogP) is 2.49. The number of phenols is 1. The Kier molecular flexibility index (Phi) is 3.62. The van der Waals surface area contributed by atoms with Crippen LogP contribution in [0.25, 0.3) is 0 Å². The van der Waals surface area contributed by atoms with Gasteiger partial charge in [0.1, 0.15) is 5.75 Å². The number of amides is 1. The normalized spacial score (nSPS) is 16.8. The van der Waals surface area contributed by atoms with Gasteiger partial charge in [0, 0.05) is 18.2 Å². The maximum absolute atomic E-state index is 12.7. The van der Waals surface area contributed by atoms with E-state index >= 15 is 0 Å². The number of hydrogen-bond acceptors (Lipinski definition) is 3. The Morgan fingerprint density at radius 2 is 1.90 bits per heavy atom. The second kappa shape index (κ2) is 5.58. The van der Waals surface area contributed by atoms with E-state index < -0.39 is 0 Å². The molecule has 1 heterocycles. The molecule has 0 aromatic heterocycles. The molecule has 2 aromatic carbocycles. The fourth-order valence-corrected chi connectivity index (χ4v) is 2.94. The van der Waals surface area contributed by atoms with Crippen molar-refractivity contribution in [2.75, 3.05) is 18.0 Å². The van der Waals surface area contributed by atoms with Gasteiger partial charge in [0.25, 0.3) is 5.91 Å². The fraction of sp³-hybridized carbons (Fsp3) is 0.235. The highest BCUT2D eigenvalue weighted by Crippen LogP contribution is 2.39. The molecule has 0 bridgehead atoms. The highest BCUT2D eigenvalue weighted by Gasteiger charge is 2.32. The van der Waals surface area contributed by atoms with Crippen LogP contribution >= 0.6 is 0 Å². The number of rotatable bonds is 3. The van der Waals surface area contributed by atoms with Crippen molar-refractivity contribution in [1.29, 1.82) is 0 Å². The second-order valence-electron chi connectivity index (χ2n) is 5.27. The number of nitrogens with zero attached hydrogens (tertiary/aromatic N) is 1. The van der Waals surface area contributed by atoms with Gasteiger partial charge in [-0.1, -0.05) is 30.3 Å². The Balaban J connectivity index is 1.97. The first-order chi connectivity index (χ1) is 10.2. The lowest BCUT2D eigenvalue weighted by molar-refractivity contribution is 0.0985. The van der Waals surface area contributed by atoms with Crippen molar-refractivity contribution in [1.82, 2.24) is 0 Å². The number of carbonyl (C=O) groups is 1. The van der Waals surface area contributed by atoms with Crippen LogP contribution in [0.1, 0.15) is 28.3 Å². The molecule has 0 fully saturated rings. The van der Waals surface area contributed by atoms with Crippen molar-refractivity contribution in [3.63, 3.8) is 0 Å². The maximum Gasteiger partial charge on any atom is 0.262 e. The van der Waals surface area contributed by atoms with E-state index in [2.05, 4.69) is 0 Å². The number of phenolic OH excluding ortho intramolecular Hbond substituents is 1. The SMILES string of the molecule is NCCC1CN(C(=O)c2ccccc2O)c2ccccc21. The lowest BCUT2D eigenvalue weighted by Crippen LogP contribution is -2.30. The Bertz CT molecular complexity index is 669. The van der Waals surface area contributed by atoms with Crippen LogP contribution in [0.5, 0.6) is 5.75 Å². The van der Waals surface area contributed by atoms with Crippen LogP contribution in [0.2, 0.25) is 0 Å². The number of aromatic hydroxyl groups is 1. The smallest absolute Gasteiger partial charge is 0.262 e. The third kappa shape index (κ3) is 2.38. The first-order valence-electron chi connectivity index (χ1n) is 7.11. The lowest BCUT2D eigenvalue weighted by Gasteiger charge is -2.18. The number of hydrogen-bond donors (Lipinski definition) is 2. The van der Waals surface area contributed by atoms with Gasteiger partial charge in [0.2, 0.25) is 0 Å². The van der Waals surface area contributed by atoms with Gasteiger partial charge in [-0.25, -0.2) is 0 Å². The van der Waals surface area contributed by atoms with E-state index in [9.17, 15) is 9.90 Å². The van der Waals surface area contributed by atoms with Crippen LogP contribution < -0.4 is 10.6 Å². The number of benzene rings is 2. The molecule has 0 saturated carbocycles. The summed E-state index contributed by atoms with van der Waals surface area (Å²) in [5, 5.41) is 9.89. The van der Waals surface area contributed by atoms with E-state index in [1.165, 1.54) is 6.07 Å². The number of para-hydroxylation sites is 2. The van der Waals surface area contributed by atoms with Gasteiger partial charge in [-0.15, -0.1) is 0 Å². The molecule has 1 amide bonds. The summed E-state index contributed by atoms with van der Waals surface area (Å²) in [5.74, 6) is 0.114. The highest BCUT2D eigenvalue weighted by atomic mass is 16.3. The third-order valence-electron chi connectivity index (χ3n) is 3.97. The molecular weight excluding hydrogens is 264 g/mol. The van der Waals surface area contributed by atoms with Crippen molar-refractivity contribution in [2.45, 2.75) is 12.3 Å². The van der Waals surface area contributed by atoms with E-state index in [0.717, 1.165) is 17.7 Å². The van der Waals surface area contributed by atoms with Gasteiger partial charge in [0.05, 0.1) is 5.56 Å². The minimum atomic E-state index is -0.167. The topological polar surface area (TPSA) is 66.6 Å². The van der Waals surface area contributed by atoms with Gasteiger partial charge in [-0.05, 0) is 36.7 Å². The van der Waals surface area contributed by atoms with Crippen molar-refractivity contribution < 1.29 is 9.90 Å². The molecule has 3 N–H and O–H groups in total. The minimum absolute atomic E-state index is 0.0160. The summed E-state index contributed by atoms with van der Waals surface area (Å²) >= 11 is 0. The van der Waals surface area contributed by atoms with Gasteiger partial charge in [-0.2, -0.15) is 0 Å². The van der Waals surface area contributed by atoms with E-state index in [1.54, 1.807) is 23.1 Å². The quantitative estimate of drug-likeness (QED) is 0.909. The van der Waals surface area contributed by atoms with Gasteiger partial charge < -0.3 is 15.7 Å². The number of nitrogens with two attached hydrogens (primary N) is 1. The molecule has 2 aromatic rings. The largest absolute Gasteiger partial charge is 0.507 e. The van der Waals surface area contributed by atoms with Crippen LogP contribution in [0.4, 0.5) is 5.69 Å². The molecule has 1 aliphatic rings.